The summed E-state index contributed by atoms with van der Waals surface area (Å²) in [4.78, 5) is 28.9. The number of primary amides is 1. The van der Waals surface area contributed by atoms with Crippen LogP contribution in [0.5, 0.6) is 0 Å². The summed E-state index contributed by atoms with van der Waals surface area (Å²) in [6.45, 7) is 1.88. The fraction of sp³-hybridized carbons (Fsp3) is 0.0952. The van der Waals surface area contributed by atoms with Crippen LogP contribution >= 0.6 is 0 Å². The largest absolute Gasteiger partial charge is 0.366 e. The van der Waals surface area contributed by atoms with Crippen molar-refractivity contribution in [1.82, 2.24) is 20.0 Å². The molecule has 4 aromatic rings. The molecule has 0 aliphatic heterocycles. The van der Waals surface area contributed by atoms with Crippen molar-refractivity contribution >= 4 is 28.5 Å². The van der Waals surface area contributed by atoms with Crippen LogP contribution in [0.15, 0.2) is 54.6 Å². The van der Waals surface area contributed by atoms with Crippen LogP contribution in [0, 0.1) is 12.7 Å². The standard InChI is InChI=1S/C21H17FN6O2/c1-12-20(26-27-28(12)11-13-6-2-4-8-16(13)22)25-21(30)18-10-15(19(23)29)14-7-3-5-9-17(14)24-18/h2-10H,11H2,1H3,(H2,23,29)(H,25,30). The van der Waals surface area contributed by atoms with E-state index in [9.17, 15) is 14.0 Å². The third kappa shape index (κ3) is 3.60. The van der Waals surface area contributed by atoms with Gasteiger partial charge >= 0.3 is 0 Å². The molecule has 0 bridgehead atoms. The Labute approximate surface area is 170 Å². The first-order chi connectivity index (χ1) is 14.4. The van der Waals surface area contributed by atoms with E-state index in [0.29, 0.717) is 22.2 Å². The van der Waals surface area contributed by atoms with E-state index in [-0.39, 0.29) is 29.4 Å². The first-order valence-corrected chi connectivity index (χ1v) is 9.08. The van der Waals surface area contributed by atoms with Crippen LogP contribution in [0.4, 0.5) is 10.2 Å². The molecule has 4 rings (SSSR count). The number of carbonyl (C=O) groups is 2. The number of halogens is 1. The number of para-hydroxylation sites is 1. The molecule has 0 radical (unpaired) electrons. The lowest BCUT2D eigenvalue weighted by molar-refractivity contribution is 0.100. The minimum atomic E-state index is -0.658. The van der Waals surface area contributed by atoms with Crippen LogP contribution in [-0.2, 0) is 6.54 Å². The zero-order valence-electron chi connectivity index (χ0n) is 16.0. The van der Waals surface area contributed by atoms with E-state index < -0.39 is 11.8 Å². The van der Waals surface area contributed by atoms with Crippen LogP contribution in [-0.4, -0.2) is 31.8 Å². The van der Waals surface area contributed by atoms with Gasteiger partial charge < -0.3 is 11.1 Å². The van der Waals surface area contributed by atoms with Crippen molar-refractivity contribution < 1.29 is 14.0 Å². The predicted molar refractivity (Wildman–Crippen MR) is 108 cm³/mol. The van der Waals surface area contributed by atoms with Crippen molar-refractivity contribution in [3.8, 4) is 0 Å². The molecule has 2 heterocycles. The first kappa shape index (κ1) is 19.2. The molecule has 0 saturated carbocycles. The van der Waals surface area contributed by atoms with E-state index in [1.54, 1.807) is 49.4 Å². The predicted octanol–water partition coefficient (Wildman–Crippen LogP) is 2.67. The molecular formula is C21H17FN6O2. The summed E-state index contributed by atoms with van der Waals surface area (Å²) in [5.41, 5.74) is 7.14. The second-order valence-electron chi connectivity index (χ2n) is 6.66. The lowest BCUT2D eigenvalue weighted by Gasteiger charge is -2.08. The van der Waals surface area contributed by atoms with Crippen molar-refractivity contribution in [1.29, 1.82) is 0 Å². The average molecular weight is 404 g/mol. The van der Waals surface area contributed by atoms with Gasteiger partial charge in [-0.3, -0.25) is 9.59 Å². The maximum absolute atomic E-state index is 13.9. The minimum absolute atomic E-state index is 0.0190. The number of anilines is 1. The molecule has 0 saturated heterocycles. The quantitative estimate of drug-likeness (QED) is 0.531. The maximum atomic E-state index is 13.9. The Morgan fingerprint density at radius 3 is 2.63 bits per heavy atom. The molecule has 3 N–H and O–H groups in total. The van der Waals surface area contributed by atoms with Gasteiger partial charge in [-0.05, 0) is 25.1 Å². The van der Waals surface area contributed by atoms with Crippen molar-refractivity contribution in [3.63, 3.8) is 0 Å². The molecule has 0 aliphatic rings. The number of pyridine rings is 1. The molecule has 0 unspecified atom stereocenters. The van der Waals surface area contributed by atoms with E-state index >= 15 is 0 Å². The number of nitrogens with zero attached hydrogens (tertiary/aromatic N) is 4. The summed E-state index contributed by atoms with van der Waals surface area (Å²) in [6, 6.07) is 14.6. The van der Waals surface area contributed by atoms with Crippen LogP contribution in [0.2, 0.25) is 0 Å². The highest BCUT2D eigenvalue weighted by Gasteiger charge is 2.18. The van der Waals surface area contributed by atoms with E-state index in [4.69, 9.17) is 5.73 Å². The number of fused-ring (bicyclic) bond motifs is 1. The van der Waals surface area contributed by atoms with Gasteiger partial charge in [-0.15, -0.1) is 5.10 Å². The monoisotopic (exact) mass is 404 g/mol. The number of hydrogen-bond donors (Lipinski definition) is 2. The van der Waals surface area contributed by atoms with Crippen molar-refractivity contribution in [2.45, 2.75) is 13.5 Å². The van der Waals surface area contributed by atoms with E-state index in [1.165, 1.54) is 16.8 Å². The molecule has 9 heteroatoms. The second kappa shape index (κ2) is 7.70. The Morgan fingerprint density at radius 2 is 1.87 bits per heavy atom. The molecule has 0 fully saturated rings. The molecule has 150 valence electrons. The first-order valence-electron chi connectivity index (χ1n) is 9.08. The third-order valence-electron chi connectivity index (χ3n) is 4.71. The highest BCUT2D eigenvalue weighted by molar-refractivity contribution is 6.10. The molecule has 0 aliphatic carbocycles. The topological polar surface area (TPSA) is 116 Å². The van der Waals surface area contributed by atoms with Crippen molar-refractivity contribution in [3.05, 3.63) is 82.9 Å². The number of amides is 2. The molecule has 30 heavy (non-hydrogen) atoms. The van der Waals surface area contributed by atoms with E-state index in [0.717, 1.165) is 0 Å². The molecule has 2 aromatic heterocycles. The summed E-state index contributed by atoms with van der Waals surface area (Å²) in [7, 11) is 0. The smallest absolute Gasteiger partial charge is 0.275 e. The SMILES string of the molecule is Cc1c(NC(=O)c2cc(C(N)=O)c3ccccc3n2)nnn1Cc1ccccc1F. The molecular weight excluding hydrogens is 387 g/mol. The lowest BCUT2D eigenvalue weighted by Crippen LogP contribution is -2.18. The molecule has 0 atom stereocenters. The summed E-state index contributed by atoms with van der Waals surface area (Å²) >= 11 is 0. The maximum Gasteiger partial charge on any atom is 0.275 e. The number of benzene rings is 2. The van der Waals surface area contributed by atoms with Gasteiger partial charge in [0.2, 0.25) is 5.91 Å². The van der Waals surface area contributed by atoms with Gasteiger partial charge in [-0.2, -0.15) is 0 Å². The molecule has 2 amide bonds. The Balaban J connectivity index is 1.61. The number of carbonyl (C=O) groups excluding carboxylic acids is 2. The Hall–Kier alpha value is -4.14. The van der Waals surface area contributed by atoms with Gasteiger partial charge in [0.15, 0.2) is 5.82 Å². The lowest BCUT2D eigenvalue weighted by atomic mass is 10.1. The number of hydrogen-bond acceptors (Lipinski definition) is 5. The van der Waals surface area contributed by atoms with Gasteiger partial charge in [0, 0.05) is 10.9 Å². The van der Waals surface area contributed by atoms with Gasteiger partial charge in [0.25, 0.3) is 5.91 Å². The normalized spacial score (nSPS) is 10.9. The van der Waals surface area contributed by atoms with E-state index in [1.807, 2.05) is 0 Å². The van der Waals surface area contributed by atoms with E-state index in [2.05, 4.69) is 20.6 Å². The average Bonchev–Trinajstić information content (AvgIpc) is 3.08. The Morgan fingerprint density at radius 1 is 1.13 bits per heavy atom. The van der Waals surface area contributed by atoms with Crippen molar-refractivity contribution in [2.24, 2.45) is 5.73 Å². The second-order valence-corrected chi connectivity index (χ2v) is 6.66. The highest BCUT2D eigenvalue weighted by atomic mass is 19.1. The molecule has 0 spiro atoms. The van der Waals surface area contributed by atoms with Crippen LogP contribution in [0.1, 0.15) is 32.1 Å². The zero-order valence-corrected chi connectivity index (χ0v) is 16.0. The molecule has 8 nitrogen and oxygen atoms in total. The minimum Gasteiger partial charge on any atom is -0.366 e. The van der Waals surface area contributed by atoms with Crippen LogP contribution < -0.4 is 11.1 Å². The summed E-state index contributed by atoms with van der Waals surface area (Å²) < 4.78 is 15.4. The summed E-state index contributed by atoms with van der Waals surface area (Å²) in [6.07, 6.45) is 0. The molecule has 2 aromatic carbocycles. The number of rotatable bonds is 5. The zero-order chi connectivity index (χ0) is 21.3. The van der Waals surface area contributed by atoms with Gasteiger partial charge in [-0.1, -0.05) is 41.6 Å². The Bertz CT molecular complexity index is 1280. The number of nitrogens with one attached hydrogen (secondary N) is 1. The van der Waals surface area contributed by atoms with Gasteiger partial charge in [0.05, 0.1) is 23.3 Å². The van der Waals surface area contributed by atoms with Crippen LogP contribution in [0.25, 0.3) is 10.9 Å². The third-order valence-corrected chi connectivity index (χ3v) is 4.71. The number of aromatic nitrogens is 4. The fourth-order valence-electron chi connectivity index (χ4n) is 3.08. The van der Waals surface area contributed by atoms with Gasteiger partial charge in [-0.25, -0.2) is 14.1 Å². The highest BCUT2D eigenvalue weighted by Crippen LogP contribution is 2.20. The summed E-state index contributed by atoms with van der Waals surface area (Å²) in [5.74, 6) is -1.36. The number of nitrogens with two attached hydrogens (primary N) is 1. The van der Waals surface area contributed by atoms with Crippen molar-refractivity contribution in [2.75, 3.05) is 5.32 Å². The van der Waals surface area contributed by atoms with Gasteiger partial charge in [0.1, 0.15) is 11.5 Å². The Kier molecular flexibility index (Phi) is 4.93. The fourth-order valence-corrected chi connectivity index (χ4v) is 3.08. The van der Waals surface area contributed by atoms with Crippen LogP contribution in [0.3, 0.4) is 0 Å². The summed E-state index contributed by atoms with van der Waals surface area (Å²) in [5, 5.41) is 11.2.